The Kier molecular flexibility index (Phi) is 3.88. The second kappa shape index (κ2) is 5.17. The summed E-state index contributed by atoms with van der Waals surface area (Å²) in [6.45, 7) is 5.10. The number of rotatable bonds is 3. The van der Waals surface area contributed by atoms with Gasteiger partial charge in [-0.25, -0.2) is 8.42 Å². The highest BCUT2D eigenvalue weighted by Gasteiger charge is 2.39. The lowest BCUT2D eigenvalue weighted by molar-refractivity contribution is -0.143. The Morgan fingerprint density at radius 2 is 2.05 bits per heavy atom. The molecule has 1 aliphatic heterocycles. The number of nitrogens with one attached hydrogen (secondary N) is 1. The van der Waals surface area contributed by atoms with Gasteiger partial charge in [0.1, 0.15) is 4.90 Å². The Morgan fingerprint density at radius 3 is 2.55 bits per heavy atom. The molecule has 112 valence electrons. The number of aromatic amines is 1. The third-order valence-corrected chi connectivity index (χ3v) is 6.05. The summed E-state index contributed by atoms with van der Waals surface area (Å²) in [7, 11) is -3.72. The molecule has 8 heteroatoms. The van der Waals surface area contributed by atoms with E-state index in [4.69, 9.17) is 5.11 Å². The van der Waals surface area contributed by atoms with E-state index < -0.39 is 21.9 Å². The largest absolute Gasteiger partial charge is 0.481 e. The topological polar surface area (TPSA) is 103 Å². The number of nitrogens with zero attached hydrogens (tertiary/aromatic N) is 2. The van der Waals surface area contributed by atoms with Crippen molar-refractivity contribution in [1.82, 2.24) is 14.5 Å². The SMILES string of the molecule is Cc1n[nH]c(C)c1S(=O)(=O)N1CC(C(=O)O)CCC1C. The molecule has 0 spiro atoms. The summed E-state index contributed by atoms with van der Waals surface area (Å²) in [5, 5.41) is 15.7. The van der Waals surface area contributed by atoms with Gasteiger partial charge in [-0.15, -0.1) is 0 Å². The Morgan fingerprint density at radius 1 is 1.40 bits per heavy atom. The molecular weight excluding hydrogens is 282 g/mol. The van der Waals surface area contributed by atoms with Crippen molar-refractivity contribution in [3.8, 4) is 0 Å². The van der Waals surface area contributed by atoms with Crippen molar-refractivity contribution in [2.45, 2.75) is 44.6 Å². The van der Waals surface area contributed by atoms with E-state index in [1.165, 1.54) is 4.31 Å². The fourth-order valence-electron chi connectivity index (χ4n) is 2.65. The minimum absolute atomic E-state index is 0.0168. The molecule has 7 nitrogen and oxygen atoms in total. The summed E-state index contributed by atoms with van der Waals surface area (Å²) in [5.74, 6) is -1.59. The van der Waals surface area contributed by atoms with Gasteiger partial charge >= 0.3 is 5.97 Å². The van der Waals surface area contributed by atoms with Crippen LogP contribution in [0, 0.1) is 19.8 Å². The molecule has 2 atom stereocenters. The van der Waals surface area contributed by atoms with Crippen LogP contribution in [0.3, 0.4) is 0 Å². The fraction of sp³-hybridized carbons (Fsp3) is 0.667. The van der Waals surface area contributed by atoms with Crippen molar-refractivity contribution in [3.05, 3.63) is 11.4 Å². The summed E-state index contributed by atoms with van der Waals surface area (Å²) >= 11 is 0. The first-order valence-corrected chi connectivity index (χ1v) is 7.95. The summed E-state index contributed by atoms with van der Waals surface area (Å²) in [5.41, 5.74) is 0.888. The van der Waals surface area contributed by atoms with E-state index in [0.29, 0.717) is 24.2 Å². The molecule has 1 aromatic rings. The molecular formula is C12H19N3O4S. The summed E-state index contributed by atoms with van der Waals surface area (Å²) < 4.78 is 26.8. The van der Waals surface area contributed by atoms with Gasteiger partial charge in [-0.05, 0) is 33.6 Å². The maximum absolute atomic E-state index is 12.7. The zero-order valence-corrected chi connectivity index (χ0v) is 12.6. The predicted octanol–water partition coefficient (Wildman–Crippen LogP) is 0.900. The lowest BCUT2D eigenvalue weighted by Gasteiger charge is -2.35. The van der Waals surface area contributed by atoms with E-state index in [0.717, 1.165) is 0 Å². The van der Waals surface area contributed by atoms with Crippen LogP contribution in [-0.4, -0.2) is 46.6 Å². The van der Waals surface area contributed by atoms with Crippen molar-refractivity contribution in [1.29, 1.82) is 0 Å². The summed E-state index contributed by atoms with van der Waals surface area (Å²) in [6, 6.07) is -0.204. The summed E-state index contributed by atoms with van der Waals surface area (Å²) in [6.07, 6.45) is 1.05. The first-order valence-electron chi connectivity index (χ1n) is 6.51. The van der Waals surface area contributed by atoms with E-state index in [2.05, 4.69) is 10.2 Å². The number of aliphatic carboxylic acids is 1. The van der Waals surface area contributed by atoms with Crippen LogP contribution in [0.25, 0.3) is 0 Å². The molecule has 0 aliphatic carbocycles. The van der Waals surface area contributed by atoms with Crippen molar-refractivity contribution in [2.75, 3.05) is 6.54 Å². The van der Waals surface area contributed by atoms with Crippen LogP contribution in [0.1, 0.15) is 31.2 Å². The highest BCUT2D eigenvalue weighted by atomic mass is 32.2. The van der Waals surface area contributed by atoms with E-state index in [1.807, 2.05) is 0 Å². The third kappa shape index (κ3) is 2.45. The van der Waals surface area contributed by atoms with Crippen LogP contribution in [0.5, 0.6) is 0 Å². The zero-order valence-electron chi connectivity index (χ0n) is 11.8. The Bertz CT molecular complexity index is 603. The van der Waals surface area contributed by atoms with E-state index >= 15 is 0 Å². The molecule has 2 rings (SSSR count). The molecule has 0 saturated carbocycles. The normalized spacial score (nSPS) is 24.8. The molecule has 1 saturated heterocycles. The van der Waals surface area contributed by atoms with Gasteiger partial charge in [0.05, 0.1) is 17.3 Å². The van der Waals surface area contributed by atoms with Crippen molar-refractivity contribution in [2.24, 2.45) is 5.92 Å². The number of carbonyl (C=O) groups is 1. The number of piperidine rings is 1. The number of sulfonamides is 1. The van der Waals surface area contributed by atoms with Gasteiger partial charge in [0.2, 0.25) is 10.0 Å². The van der Waals surface area contributed by atoms with Crippen molar-refractivity contribution >= 4 is 16.0 Å². The molecule has 0 radical (unpaired) electrons. The van der Waals surface area contributed by atoms with Crippen LogP contribution in [0.15, 0.2) is 4.90 Å². The minimum Gasteiger partial charge on any atom is -0.481 e. The maximum atomic E-state index is 12.7. The first-order chi connectivity index (χ1) is 9.25. The number of aryl methyl sites for hydroxylation is 2. The van der Waals surface area contributed by atoms with Gasteiger partial charge in [-0.3, -0.25) is 9.89 Å². The Labute approximate surface area is 118 Å². The molecule has 2 N–H and O–H groups in total. The second-order valence-electron chi connectivity index (χ2n) is 5.30. The van der Waals surface area contributed by atoms with Crippen LogP contribution < -0.4 is 0 Å². The molecule has 1 aromatic heterocycles. The number of carboxylic acids is 1. The maximum Gasteiger partial charge on any atom is 0.307 e. The molecule has 1 fully saturated rings. The number of carboxylic acid groups (broad SMARTS) is 1. The first kappa shape index (κ1) is 15.0. The van der Waals surface area contributed by atoms with Crippen LogP contribution in [-0.2, 0) is 14.8 Å². The van der Waals surface area contributed by atoms with Crippen LogP contribution in [0.2, 0.25) is 0 Å². The highest BCUT2D eigenvalue weighted by Crippen LogP contribution is 2.30. The molecule has 2 unspecified atom stereocenters. The Hall–Kier alpha value is -1.41. The smallest absolute Gasteiger partial charge is 0.307 e. The van der Waals surface area contributed by atoms with E-state index in [9.17, 15) is 13.2 Å². The standard InChI is InChI=1S/C12H19N3O4S/c1-7-4-5-10(12(16)17)6-15(7)20(18,19)11-8(2)13-14-9(11)3/h7,10H,4-6H2,1-3H3,(H,13,14)(H,16,17). The molecule has 0 amide bonds. The Balaban J connectivity index is 2.40. The van der Waals surface area contributed by atoms with Gasteiger partial charge in [0.15, 0.2) is 0 Å². The highest BCUT2D eigenvalue weighted by molar-refractivity contribution is 7.89. The van der Waals surface area contributed by atoms with Gasteiger partial charge in [0, 0.05) is 12.6 Å². The van der Waals surface area contributed by atoms with Crippen molar-refractivity contribution < 1.29 is 18.3 Å². The minimum atomic E-state index is -3.72. The fourth-order valence-corrected chi connectivity index (χ4v) is 4.69. The number of aromatic nitrogens is 2. The van der Waals surface area contributed by atoms with Crippen molar-refractivity contribution in [3.63, 3.8) is 0 Å². The molecule has 20 heavy (non-hydrogen) atoms. The third-order valence-electron chi connectivity index (χ3n) is 3.80. The van der Waals surface area contributed by atoms with Gasteiger partial charge in [0.25, 0.3) is 0 Å². The molecule has 1 aliphatic rings. The van der Waals surface area contributed by atoms with Gasteiger partial charge in [-0.1, -0.05) is 0 Å². The second-order valence-corrected chi connectivity index (χ2v) is 7.13. The molecule has 2 heterocycles. The van der Waals surface area contributed by atoms with Crippen LogP contribution >= 0.6 is 0 Å². The lowest BCUT2D eigenvalue weighted by atomic mass is 9.96. The van der Waals surface area contributed by atoms with Crippen LogP contribution in [0.4, 0.5) is 0 Å². The zero-order chi connectivity index (χ0) is 15.1. The average molecular weight is 301 g/mol. The quantitative estimate of drug-likeness (QED) is 0.863. The molecule has 0 aromatic carbocycles. The average Bonchev–Trinajstić information content (AvgIpc) is 2.69. The predicted molar refractivity (Wildman–Crippen MR) is 71.8 cm³/mol. The molecule has 0 bridgehead atoms. The number of hydrogen-bond acceptors (Lipinski definition) is 4. The van der Waals surface area contributed by atoms with E-state index in [1.54, 1.807) is 20.8 Å². The lowest BCUT2D eigenvalue weighted by Crippen LogP contribution is -2.47. The van der Waals surface area contributed by atoms with Gasteiger partial charge in [-0.2, -0.15) is 9.40 Å². The number of H-pyrrole nitrogens is 1. The monoisotopic (exact) mass is 301 g/mol. The summed E-state index contributed by atoms with van der Waals surface area (Å²) in [4.78, 5) is 11.3. The van der Waals surface area contributed by atoms with Gasteiger partial charge < -0.3 is 5.11 Å². The van der Waals surface area contributed by atoms with E-state index in [-0.39, 0.29) is 17.5 Å². The number of hydrogen-bond donors (Lipinski definition) is 2.